The minimum absolute atomic E-state index is 0.0215. The van der Waals surface area contributed by atoms with E-state index in [0.29, 0.717) is 6.54 Å². The maximum absolute atomic E-state index is 13.1. The summed E-state index contributed by atoms with van der Waals surface area (Å²) in [6.45, 7) is 2.33. The normalized spacial score (nSPS) is 10.4. The van der Waals surface area contributed by atoms with Gasteiger partial charge in [-0.15, -0.1) is 11.3 Å². The highest BCUT2D eigenvalue weighted by Gasteiger charge is 2.15. The van der Waals surface area contributed by atoms with Crippen LogP contribution >= 0.6 is 11.3 Å². The second-order valence-electron chi connectivity index (χ2n) is 4.22. The van der Waals surface area contributed by atoms with E-state index in [-0.39, 0.29) is 11.7 Å². The molecule has 94 valence electrons. The van der Waals surface area contributed by atoms with Crippen molar-refractivity contribution in [2.24, 2.45) is 0 Å². The van der Waals surface area contributed by atoms with E-state index < -0.39 is 0 Å². The summed E-state index contributed by atoms with van der Waals surface area (Å²) >= 11 is 1.43. The van der Waals surface area contributed by atoms with Gasteiger partial charge in [0.15, 0.2) is 0 Å². The Morgan fingerprint density at radius 1 is 1.39 bits per heavy atom. The Morgan fingerprint density at radius 3 is 2.78 bits per heavy atom. The van der Waals surface area contributed by atoms with E-state index in [1.165, 1.54) is 23.5 Å². The number of halogens is 1. The highest BCUT2D eigenvalue weighted by atomic mass is 32.1. The fraction of sp³-hybridized carbons (Fsp3) is 0.214. The van der Waals surface area contributed by atoms with E-state index in [1.807, 2.05) is 24.4 Å². The van der Waals surface area contributed by atoms with Gasteiger partial charge in [0.2, 0.25) is 0 Å². The van der Waals surface area contributed by atoms with Crippen LogP contribution in [-0.2, 0) is 6.54 Å². The average Bonchev–Trinajstić information content (AvgIpc) is 2.74. The van der Waals surface area contributed by atoms with Crippen LogP contribution in [0.4, 0.5) is 4.39 Å². The first-order valence-electron chi connectivity index (χ1n) is 5.62. The molecule has 1 amide bonds. The molecule has 0 aliphatic carbocycles. The first kappa shape index (κ1) is 12.8. The lowest BCUT2D eigenvalue weighted by molar-refractivity contribution is 0.0789. The molecule has 0 unspecified atom stereocenters. The molecule has 1 aromatic carbocycles. The van der Waals surface area contributed by atoms with Crippen LogP contribution in [-0.4, -0.2) is 17.9 Å². The van der Waals surface area contributed by atoms with Crippen LogP contribution in [0.15, 0.2) is 35.7 Å². The molecule has 1 heterocycles. The maximum Gasteiger partial charge on any atom is 0.264 e. The Morgan fingerprint density at radius 2 is 2.17 bits per heavy atom. The number of amides is 1. The van der Waals surface area contributed by atoms with Gasteiger partial charge < -0.3 is 4.90 Å². The summed E-state index contributed by atoms with van der Waals surface area (Å²) < 4.78 is 13.1. The highest BCUT2D eigenvalue weighted by molar-refractivity contribution is 7.12. The Hall–Kier alpha value is -1.68. The molecule has 0 saturated carbocycles. The topological polar surface area (TPSA) is 20.3 Å². The van der Waals surface area contributed by atoms with Crippen molar-refractivity contribution in [3.8, 4) is 0 Å². The summed E-state index contributed by atoms with van der Waals surface area (Å²) in [6.07, 6.45) is 0. The Kier molecular flexibility index (Phi) is 3.77. The zero-order chi connectivity index (χ0) is 13.1. The quantitative estimate of drug-likeness (QED) is 0.830. The zero-order valence-corrected chi connectivity index (χ0v) is 11.1. The minimum atomic E-state index is -0.277. The molecule has 0 aliphatic rings. The van der Waals surface area contributed by atoms with Crippen molar-refractivity contribution >= 4 is 17.2 Å². The molecule has 0 spiro atoms. The van der Waals surface area contributed by atoms with Crippen molar-refractivity contribution in [2.45, 2.75) is 13.5 Å². The number of carbonyl (C=O) groups is 1. The molecule has 2 rings (SSSR count). The molecule has 2 nitrogen and oxygen atoms in total. The van der Waals surface area contributed by atoms with Gasteiger partial charge in [0.1, 0.15) is 5.82 Å². The summed E-state index contributed by atoms with van der Waals surface area (Å²) in [5, 5.41) is 1.90. The van der Waals surface area contributed by atoms with Gasteiger partial charge in [-0.3, -0.25) is 4.79 Å². The molecule has 2 aromatic rings. The largest absolute Gasteiger partial charge is 0.337 e. The standard InChI is InChI=1S/C14H14FNOS/c1-10-6-7-18-13(10)14(17)16(2)9-11-4-3-5-12(15)8-11/h3-8H,9H2,1-2H3. The molecule has 1 aromatic heterocycles. The Balaban J connectivity index is 2.11. The summed E-state index contributed by atoms with van der Waals surface area (Å²) in [5.41, 5.74) is 1.77. The smallest absolute Gasteiger partial charge is 0.264 e. The molecule has 0 atom stereocenters. The van der Waals surface area contributed by atoms with Crippen LogP contribution in [0.2, 0.25) is 0 Å². The number of carbonyl (C=O) groups excluding carboxylic acids is 1. The number of rotatable bonds is 3. The van der Waals surface area contributed by atoms with E-state index in [4.69, 9.17) is 0 Å². The molecule has 0 radical (unpaired) electrons. The molecule has 0 aliphatic heterocycles. The van der Waals surface area contributed by atoms with Crippen LogP contribution in [0, 0.1) is 12.7 Å². The van der Waals surface area contributed by atoms with Crippen molar-refractivity contribution in [2.75, 3.05) is 7.05 Å². The van der Waals surface area contributed by atoms with Crippen molar-refractivity contribution in [3.05, 3.63) is 57.5 Å². The lowest BCUT2D eigenvalue weighted by atomic mass is 10.2. The summed E-state index contributed by atoms with van der Waals surface area (Å²) in [4.78, 5) is 14.5. The SMILES string of the molecule is Cc1ccsc1C(=O)N(C)Cc1cccc(F)c1. The molecule has 0 saturated heterocycles. The van der Waals surface area contributed by atoms with Gasteiger partial charge >= 0.3 is 0 Å². The van der Waals surface area contributed by atoms with E-state index in [2.05, 4.69) is 0 Å². The number of hydrogen-bond acceptors (Lipinski definition) is 2. The first-order chi connectivity index (χ1) is 8.58. The number of aryl methyl sites for hydroxylation is 1. The third-order valence-corrected chi connectivity index (χ3v) is 3.72. The predicted octanol–water partition coefficient (Wildman–Crippen LogP) is 3.47. The van der Waals surface area contributed by atoms with Crippen molar-refractivity contribution < 1.29 is 9.18 Å². The van der Waals surface area contributed by atoms with Crippen LogP contribution in [0.5, 0.6) is 0 Å². The minimum Gasteiger partial charge on any atom is -0.337 e. The second-order valence-corrected chi connectivity index (χ2v) is 5.14. The molecular weight excluding hydrogens is 249 g/mol. The van der Waals surface area contributed by atoms with Gasteiger partial charge in [0.25, 0.3) is 5.91 Å². The summed E-state index contributed by atoms with van der Waals surface area (Å²) in [5.74, 6) is -0.299. The maximum atomic E-state index is 13.1. The van der Waals surface area contributed by atoms with E-state index in [9.17, 15) is 9.18 Å². The number of hydrogen-bond donors (Lipinski definition) is 0. The van der Waals surface area contributed by atoms with Gasteiger partial charge in [-0.05, 0) is 41.6 Å². The number of thiophene rings is 1. The summed E-state index contributed by atoms with van der Waals surface area (Å²) in [6, 6.07) is 8.24. The van der Waals surface area contributed by atoms with Gasteiger partial charge in [-0.2, -0.15) is 0 Å². The lowest BCUT2D eigenvalue weighted by Crippen LogP contribution is -2.25. The molecule has 18 heavy (non-hydrogen) atoms. The third-order valence-electron chi connectivity index (χ3n) is 2.71. The Bertz CT molecular complexity index is 564. The molecule has 4 heteroatoms. The molecule has 0 fully saturated rings. The van der Waals surface area contributed by atoms with E-state index in [1.54, 1.807) is 18.0 Å². The fourth-order valence-corrected chi connectivity index (χ4v) is 2.67. The average molecular weight is 263 g/mol. The predicted molar refractivity (Wildman–Crippen MR) is 71.3 cm³/mol. The monoisotopic (exact) mass is 263 g/mol. The first-order valence-corrected chi connectivity index (χ1v) is 6.50. The summed E-state index contributed by atoms with van der Waals surface area (Å²) in [7, 11) is 1.73. The highest BCUT2D eigenvalue weighted by Crippen LogP contribution is 2.18. The van der Waals surface area contributed by atoms with Crippen LogP contribution in [0.1, 0.15) is 20.8 Å². The van der Waals surface area contributed by atoms with Crippen LogP contribution in [0.3, 0.4) is 0 Å². The molecule has 0 N–H and O–H groups in total. The molecule has 0 bridgehead atoms. The van der Waals surface area contributed by atoms with Gasteiger partial charge in [0, 0.05) is 13.6 Å². The van der Waals surface area contributed by atoms with Gasteiger partial charge in [0.05, 0.1) is 4.88 Å². The van der Waals surface area contributed by atoms with Gasteiger partial charge in [-0.25, -0.2) is 4.39 Å². The number of nitrogens with zero attached hydrogens (tertiary/aromatic N) is 1. The molecular formula is C14H14FNOS. The number of benzene rings is 1. The zero-order valence-electron chi connectivity index (χ0n) is 10.3. The van der Waals surface area contributed by atoms with Crippen molar-refractivity contribution in [3.63, 3.8) is 0 Å². The van der Waals surface area contributed by atoms with Crippen molar-refractivity contribution in [1.82, 2.24) is 4.90 Å². The van der Waals surface area contributed by atoms with E-state index >= 15 is 0 Å². The second kappa shape index (κ2) is 5.31. The third kappa shape index (κ3) is 2.76. The fourth-order valence-electron chi connectivity index (χ4n) is 1.75. The lowest BCUT2D eigenvalue weighted by Gasteiger charge is -2.17. The van der Waals surface area contributed by atoms with Crippen molar-refractivity contribution in [1.29, 1.82) is 0 Å². The van der Waals surface area contributed by atoms with Gasteiger partial charge in [-0.1, -0.05) is 12.1 Å². The van der Waals surface area contributed by atoms with Crippen LogP contribution < -0.4 is 0 Å². The van der Waals surface area contributed by atoms with E-state index in [0.717, 1.165) is 16.0 Å². The van der Waals surface area contributed by atoms with Crippen LogP contribution in [0.25, 0.3) is 0 Å². The Labute approximate surface area is 110 Å².